The quantitative estimate of drug-likeness (QED) is 0.621. The summed E-state index contributed by atoms with van der Waals surface area (Å²) in [5, 5.41) is 2.68. The van der Waals surface area contributed by atoms with Crippen LogP contribution in [-0.2, 0) is 14.3 Å². The molecule has 0 heterocycles. The maximum atomic E-state index is 12.7. The number of halogens is 1. The number of methoxy groups -OCH3 is 1. The number of hydrogen-bond donors (Lipinski definition) is 1. The molecular formula is C15H20FNO3S. The summed E-state index contributed by atoms with van der Waals surface area (Å²) in [6, 6.07) is 5.48. The molecule has 1 unspecified atom stereocenters. The number of ether oxygens (including phenoxy) is 1. The zero-order valence-electron chi connectivity index (χ0n) is 12.4. The van der Waals surface area contributed by atoms with Crippen molar-refractivity contribution >= 4 is 23.6 Å². The van der Waals surface area contributed by atoms with Crippen molar-refractivity contribution in [3.8, 4) is 0 Å². The number of benzene rings is 1. The highest BCUT2D eigenvalue weighted by Crippen LogP contribution is 2.18. The average molecular weight is 313 g/mol. The molecular weight excluding hydrogens is 293 g/mol. The molecule has 0 aliphatic rings. The minimum atomic E-state index is -0.627. The summed E-state index contributed by atoms with van der Waals surface area (Å²) >= 11 is 1.46. The van der Waals surface area contributed by atoms with Crippen LogP contribution in [0.1, 0.15) is 20.3 Å². The highest BCUT2D eigenvalue weighted by molar-refractivity contribution is 7.99. The molecule has 0 saturated carbocycles. The first kappa shape index (κ1) is 17.5. The van der Waals surface area contributed by atoms with Crippen molar-refractivity contribution in [1.82, 2.24) is 5.32 Å². The number of carbonyl (C=O) groups is 2. The second-order valence-electron chi connectivity index (χ2n) is 4.86. The largest absolute Gasteiger partial charge is 0.467 e. The summed E-state index contributed by atoms with van der Waals surface area (Å²) in [6.45, 7) is 3.68. The van der Waals surface area contributed by atoms with Gasteiger partial charge in [-0.05, 0) is 30.2 Å². The monoisotopic (exact) mass is 313 g/mol. The third-order valence-corrected chi connectivity index (χ3v) is 3.86. The zero-order valence-corrected chi connectivity index (χ0v) is 13.2. The van der Waals surface area contributed by atoms with E-state index in [9.17, 15) is 14.0 Å². The number of amides is 1. The predicted molar refractivity (Wildman–Crippen MR) is 80.5 cm³/mol. The van der Waals surface area contributed by atoms with E-state index >= 15 is 0 Å². The molecule has 0 aliphatic carbocycles. The van der Waals surface area contributed by atoms with Gasteiger partial charge in [0.25, 0.3) is 0 Å². The van der Waals surface area contributed by atoms with Crippen LogP contribution in [0.2, 0.25) is 0 Å². The van der Waals surface area contributed by atoms with Gasteiger partial charge >= 0.3 is 5.97 Å². The van der Waals surface area contributed by atoms with Gasteiger partial charge in [-0.1, -0.05) is 13.8 Å². The second kappa shape index (κ2) is 8.67. The first-order chi connectivity index (χ1) is 9.93. The lowest BCUT2D eigenvalue weighted by molar-refractivity contribution is -0.146. The molecule has 0 saturated heterocycles. The lowest BCUT2D eigenvalue weighted by Gasteiger charge is -2.19. The normalized spacial score (nSPS) is 12.0. The van der Waals surface area contributed by atoms with E-state index < -0.39 is 12.0 Å². The van der Waals surface area contributed by atoms with Gasteiger partial charge in [0.05, 0.1) is 7.11 Å². The fraction of sp³-hybridized carbons (Fsp3) is 0.467. The molecule has 0 radical (unpaired) electrons. The van der Waals surface area contributed by atoms with Crippen LogP contribution in [0.3, 0.4) is 0 Å². The highest BCUT2D eigenvalue weighted by Gasteiger charge is 2.24. The summed E-state index contributed by atoms with van der Waals surface area (Å²) in [7, 11) is 1.30. The summed E-state index contributed by atoms with van der Waals surface area (Å²) in [4.78, 5) is 24.3. The van der Waals surface area contributed by atoms with Crippen molar-refractivity contribution in [3.05, 3.63) is 30.1 Å². The van der Waals surface area contributed by atoms with Gasteiger partial charge in [0, 0.05) is 17.1 Å². The van der Waals surface area contributed by atoms with Crippen LogP contribution >= 0.6 is 11.8 Å². The number of esters is 1. The molecule has 116 valence electrons. The summed E-state index contributed by atoms with van der Waals surface area (Å²) < 4.78 is 17.4. The van der Waals surface area contributed by atoms with Gasteiger partial charge in [-0.25, -0.2) is 9.18 Å². The fourth-order valence-corrected chi connectivity index (χ4v) is 2.51. The fourth-order valence-electron chi connectivity index (χ4n) is 1.66. The van der Waals surface area contributed by atoms with Gasteiger partial charge in [0.15, 0.2) is 0 Å². The molecule has 6 heteroatoms. The highest BCUT2D eigenvalue weighted by atomic mass is 32.2. The molecule has 1 atom stereocenters. The zero-order chi connectivity index (χ0) is 15.8. The predicted octanol–water partition coefficient (Wildman–Crippen LogP) is 2.62. The molecule has 0 fully saturated rings. The number of hydrogen-bond acceptors (Lipinski definition) is 4. The lowest BCUT2D eigenvalue weighted by Crippen LogP contribution is -2.45. The van der Waals surface area contributed by atoms with E-state index in [2.05, 4.69) is 10.1 Å². The summed E-state index contributed by atoms with van der Waals surface area (Å²) in [6.07, 6.45) is 0.280. The van der Waals surface area contributed by atoms with E-state index in [0.29, 0.717) is 5.75 Å². The Hall–Kier alpha value is -1.56. The third-order valence-electron chi connectivity index (χ3n) is 2.85. The molecule has 0 bridgehead atoms. The molecule has 1 aromatic rings. The van der Waals surface area contributed by atoms with Crippen LogP contribution in [0.25, 0.3) is 0 Å². The maximum absolute atomic E-state index is 12.7. The molecule has 1 aromatic carbocycles. The van der Waals surface area contributed by atoms with Crippen molar-refractivity contribution in [2.45, 2.75) is 31.2 Å². The van der Waals surface area contributed by atoms with Crippen molar-refractivity contribution in [3.63, 3.8) is 0 Å². The van der Waals surface area contributed by atoms with Gasteiger partial charge in [-0.3, -0.25) is 4.79 Å². The van der Waals surface area contributed by atoms with Gasteiger partial charge in [0.1, 0.15) is 11.9 Å². The maximum Gasteiger partial charge on any atom is 0.328 e. The van der Waals surface area contributed by atoms with E-state index in [0.717, 1.165) is 4.90 Å². The van der Waals surface area contributed by atoms with Crippen LogP contribution in [0.4, 0.5) is 4.39 Å². The van der Waals surface area contributed by atoms with Crippen LogP contribution in [0.5, 0.6) is 0 Å². The summed E-state index contributed by atoms with van der Waals surface area (Å²) in [5.74, 6) is -0.400. The van der Waals surface area contributed by atoms with E-state index in [-0.39, 0.29) is 24.1 Å². The smallest absolute Gasteiger partial charge is 0.328 e. The summed E-state index contributed by atoms with van der Waals surface area (Å²) in [5.41, 5.74) is 0. The van der Waals surface area contributed by atoms with Crippen molar-refractivity contribution in [2.24, 2.45) is 5.92 Å². The number of nitrogens with one attached hydrogen (secondary N) is 1. The van der Waals surface area contributed by atoms with E-state index in [1.165, 1.54) is 31.0 Å². The van der Waals surface area contributed by atoms with E-state index in [1.807, 2.05) is 13.8 Å². The first-order valence-corrected chi connectivity index (χ1v) is 7.68. The Kier molecular flexibility index (Phi) is 7.22. The Morgan fingerprint density at radius 1 is 1.29 bits per heavy atom. The minimum Gasteiger partial charge on any atom is -0.467 e. The number of carbonyl (C=O) groups excluding carboxylic acids is 2. The second-order valence-corrected chi connectivity index (χ2v) is 6.03. The van der Waals surface area contributed by atoms with Crippen LogP contribution in [0, 0.1) is 11.7 Å². The Labute approximate surface area is 128 Å². The Morgan fingerprint density at radius 2 is 1.90 bits per heavy atom. The molecule has 1 rings (SSSR count). The van der Waals surface area contributed by atoms with E-state index in [1.54, 1.807) is 12.1 Å². The van der Waals surface area contributed by atoms with E-state index in [4.69, 9.17) is 0 Å². The average Bonchev–Trinajstić information content (AvgIpc) is 2.45. The first-order valence-electron chi connectivity index (χ1n) is 6.69. The Morgan fingerprint density at radius 3 is 2.43 bits per heavy atom. The number of thioether (sulfide) groups is 1. The van der Waals surface area contributed by atoms with Crippen molar-refractivity contribution < 1.29 is 18.7 Å². The van der Waals surface area contributed by atoms with Crippen LogP contribution in [0.15, 0.2) is 29.2 Å². The van der Waals surface area contributed by atoms with Crippen LogP contribution < -0.4 is 5.32 Å². The Balaban J connectivity index is 2.39. The lowest BCUT2D eigenvalue weighted by atomic mass is 10.0. The van der Waals surface area contributed by atoms with Gasteiger partial charge < -0.3 is 10.1 Å². The molecule has 1 amide bonds. The molecule has 1 N–H and O–H groups in total. The van der Waals surface area contributed by atoms with Gasteiger partial charge in [-0.15, -0.1) is 11.8 Å². The Bertz CT molecular complexity index is 476. The molecule has 0 spiro atoms. The molecule has 21 heavy (non-hydrogen) atoms. The molecule has 4 nitrogen and oxygen atoms in total. The van der Waals surface area contributed by atoms with Gasteiger partial charge in [0.2, 0.25) is 5.91 Å². The number of rotatable bonds is 7. The van der Waals surface area contributed by atoms with Crippen molar-refractivity contribution in [2.75, 3.05) is 12.9 Å². The van der Waals surface area contributed by atoms with Gasteiger partial charge in [-0.2, -0.15) is 0 Å². The topological polar surface area (TPSA) is 55.4 Å². The standard InChI is InChI=1S/C15H20FNO3S/c1-10(2)14(15(19)20-3)17-13(18)8-9-21-12-6-4-11(16)5-7-12/h4-7,10,14H,8-9H2,1-3H3,(H,17,18). The molecule has 0 aromatic heterocycles. The minimum absolute atomic E-state index is 0.0360. The third kappa shape index (κ3) is 6.16. The van der Waals surface area contributed by atoms with Crippen molar-refractivity contribution in [1.29, 1.82) is 0 Å². The molecule has 0 aliphatic heterocycles. The SMILES string of the molecule is COC(=O)C(NC(=O)CCSc1ccc(F)cc1)C(C)C. The van der Waals surface area contributed by atoms with Crippen LogP contribution in [-0.4, -0.2) is 30.8 Å².